The number of aromatic nitrogens is 1. The van der Waals surface area contributed by atoms with Crippen LogP contribution in [0, 0.1) is 5.82 Å². The minimum atomic E-state index is -0.952. The number of halogens is 1. The molecule has 0 bridgehead atoms. The van der Waals surface area contributed by atoms with Crippen molar-refractivity contribution in [1.82, 2.24) is 4.98 Å². The minimum Gasteiger partial charge on any atom is -0.481 e. The van der Waals surface area contributed by atoms with E-state index in [1.54, 1.807) is 32.2 Å². The maximum atomic E-state index is 13.3. The van der Waals surface area contributed by atoms with E-state index in [1.165, 1.54) is 12.1 Å². The summed E-state index contributed by atoms with van der Waals surface area (Å²) in [5.41, 5.74) is 0.633. The molecular formula is C28H25FN2O3. The number of hydrogen-bond acceptors (Lipinski definition) is 4. The van der Waals surface area contributed by atoms with E-state index in [0.717, 1.165) is 34.7 Å². The maximum absolute atomic E-state index is 13.3. The van der Waals surface area contributed by atoms with Crippen LogP contribution < -0.4 is 10.1 Å². The first-order chi connectivity index (χ1) is 16.3. The summed E-state index contributed by atoms with van der Waals surface area (Å²) in [5.74, 6) is 0.717. The number of ether oxygens (including phenoxy) is 1. The Kier molecular flexibility index (Phi) is 5.24. The smallest absolute Gasteiger partial charge is 0.313 e. The van der Waals surface area contributed by atoms with Crippen LogP contribution in [-0.2, 0) is 15.7 Å². The van der Waals surface area contributed by atoms with Gasteiger partial charge in [0, 0.05) is 6.20 Å². The third-order valence-corrected chi connectivity index (χ3v) is 6.60. The quantitative estimate of drug-likeness (QED) is 0.327. The molecule has 4 aromatic rings. The second-order valence-electron chi connectivity index (χ2n) is 9.28. The van der Waals surface area contributed by atoms with Crippen LogP contribution in [0.25, 0.3) is 10.8 Å². The lowest BCUT2D eigenvalue weighted by molar-refractivity contribution is -0.142. The summed E-state index contributed by atoms with van der Waals surface area (Å²) in [6.07, 6.45) is 3.64. The summed E-state index contributed by atoms with van der Waals surface area (Å²) in [5, 5.41) is 15.0. The molecule has 1 aromatic heterocycles. The number of carboxylic acid groups (broad SMARTS) is 1. The van der Waals surface area contributed by atoms with Crippen molar-refractivity contribution < 1.29 is 19.0 Å². The molecule has 5 rings (SSSR count). The molecule has 5 nitrogen and oxygen atoms in total. The molecule has 3 aromatic carbocycles. The van der Waals surface area contributed by atoms with Crippen LogP contribution in [0.1, 0.15) is 37.8 Å². The summed E-state index contributed by atoms with van der Waals surface area (Å²) in [6.45, 7) is 3.41. The average molecular weight is 457 g/mol. The van der Waals surface area contributed by atoms with Crippen LogP contribution in [0.5, 0.6) is 11.5 Å². The Morgan fingerprint density at radius 3 is 2.38 bits per heavy atom. The van der Waals surface area contributed by atoms with Crippen molar-refractivity contribution in [2.24, 2.45) is 0 Å². The predicted molar refractivity (Wildman–Crippen MR) is 130 cm³/mol. The van der Waals surface area contributed by atoms with Crippen molar-refractivity contribution in [3.8, 4) is 11.5 Å². The Balaban J connectivity index is 1.48. The van der Waals surface area contributed by atoms with Gasteiger partial charge in [0.25, 0.3) is 0 Å². The van der Waals surface area contributed by atoms with E-state index in [0.29, 0.717) is 17.3 Å². The van der Waals surface area contributed by atoms with Crippen LogP contribution in [0.2, 0.25) is 0 Å². The van der Waals surface area contributed by atoms with E-state index in [4.69, 9.17) is 4.74 Å². The van der Waals surface area contributed by atoms with Crippen LogP contribution in [0.4, 0.5) is 10.2 Å². The summed E-state index contributed by atoms with van der Waals surface area (Å²) in [7, 11) is 0. The molecule has 172 valence electrons. The first-order valence-corrected chi connectivity index (χ1v) is 11.2. The Bertz CT molecular complexity index is 1360. The zero-order chi connectivity index (χ0) is 23.9. The van der Waals surface area contributed by atoms with E-state index in [2.05, 4.69) is 10.3 Å². The number of carboxylic acids is 1. The van der Waals surface area contributed by atoms with Gasteiger partial charge in [0.15, 0.2) is 0 Å². The molecule has 0 amide bonds. The molecule has 6 heteroatoms. The number of fused-ring (bicyclic) bond motifs is 1. The van der Waals surface area contributed by atoms with Gasteiger partial charge in [0.1, 0.15) is 23.1 Å². The fraction of sp³-hybridized carbons (Fsp3) is 0.214. The molecule has 2 N–H and O–H groups in total. The van der Waals surface area contributed by atoms with Gasteiger partial charge >= 0.3 is 5.97 Å². The number of rotatable bonds is 7. The lowest BCUT2D eigenvalue weighted by Crippen LogP contribution is -2.28. The SMILES string of the molecule is CC(C)(C(=O)O)c1ccc(C2(Nc3nccc4cccc(Oc5ccc(F)cc5)c34)CC2)cc1. The van der Waals surface area contributed by atoms with E-state index in [-0.39, 0.29) is 11.4 Å². The van der Waals surface area contributed by atoms with Crippen LogP contribution in [-0.4, -0.2) is 16.1 Å². The molecule has 34 heavy (non-hydrogen) atoms. The lowest BCUT2D eigenvalue weighted by atomic mass is 9.84. The van der Waals surface area contributed by atoms with Crippen molar-refractivity contribution in [1.29, 1.82) is 0 Å². The zero-order valence-corrected chi connectivity index (χ0v) is 19.0. The third-order valence-electron chi connectivity index (χ3n) is 6.60. The number of nitrogens with zero attached hydrogens (tertiary/aromatic N) is 1. The molecule has 1 fully saturated rings. The van der Waals surface area contributed by atoms with Gasteiger partial charge in [-0.05, 0) is 79.6 Å². The highest BCUT2D eigenvalue weighted by Gasteiger charge is 2.45. The Morgan fingerprint density at radius 2 is 1.74 bits per heavy atom. The second-order valence-corrected chi connectivity index (χ2v) is 9.28. The average Bonchev–Trinajstić information content (AvgIpc) is 3.61. The Hall–Kier alpha value is -3.93. The van der Waals surface area contributed by atoms with Gasteiger partial charge in [-0.3, -0.25) is 4.79 Å². The van der Waals surface area contributed by atoms with Gasteiger partial charge < -0.3 is 15.2 Å². The van der Waals surface area contributed by atoms with Gasteiger partial charge in [0.05, 0.1) is 16.3 Å². The highest BCUT2D eigenvalue weighted by atomic mass is 19.1. The number of carbonyl (C=O) groups is 1. The molecule has 0 atom stereocenters. The molecule has 1 aliphatic carbocycles. The van der Waals surface area contributed by atoms with Gasteiger partial charge in [-0.15, -0.1) is 0 Å². The van der Waals surface area contributed by atoms with Crippen LogP contribution >= 0.6 is 0 Å². The van der Waals surface area contributed by atoms with E-state index in [1.807, 2.05) is 48.5 Å². The van der Waals surface area contributed by atoms with E-state index >= 15 is 0 Å². The number of anilines is 1. The van der Waals surface area contributed by atoms with Crippen molar-refractivity contribution in [2.75, 3.05) is 5.32 Å². The second kappa shape index (κ2) is 8.13. The molecule has 1 aliphatic rings. The van der Waals surface area contributed by atoms with Crippen LogP contribution in [0.3, 0.4) is 0 Å². The van der Waals surface area contributed by atoms with E-state index in [9.17, 15) is 14.3 Å². The summed E-state index contributed by atoms with van der Waals surface area (Å²) >= 11 is 0. The topological polar surface area (TPSA) is 71.5 Å². The van der Waals surface area contributed by atoms with Crippen LogP contribution in [0.15, 0.2) is 79.0 Å². The maximum Gasteiger partial charge on any atom is 0.313 e. The molecule has 1 saturated carbocycles. The van der Waals surface area contributed by atoms with Gasteiger partial charge in [-0.2, -0.15) is 0 Å². The van der Waals surface area contributed by atoms with Crippen molar-refractivity contribution in [3.63, 3.8) is 0 Å². The van der Waals surface area contributed by atoms with Crippen molar-refractivity contribution in [3.05, 3.63) is 95.9 Å². The first kappa shape index (κ1) is 21.9. The molecule has 0 saturated heterocycles. The van der Waals surface area contributed by atoms with Crippen molar-refractivity contribution >= 4 is 22.6 Å². The van der Waals surface area contributed by atoms with Gasteiger partial charge in [0.2, 0.25) is 0 Å². The fourth-order valence-corrected chi connectivity index (χ4v) is 4.17. The van der Waals surface area contributed by atoms with E-state index < -0.39 is 11.4 Å². The molecule has 0 aliphatic heterocycles. The highest BCUT2D eigenvalue weighted by Crippen LogP contribution is 2.49. The number of hydrogen-bond donors (Lipinski definition) is 2. The monoisotopic (exact) mass is 456 g/mol. The first-order valence-electron chi connectivity index (χ1n) is 11.2. The predicted octanol–water partition coefficient (Wildman–Crippen LogP) is 6.63. The highest BCUT2D eigenvalue weighted by molar-refractivity contribution is 5.97. The van der Waals surface area contributed by atoms with Crippen molar-refractivity contribution in [2.45, 2.75) is 37.6 Å². The number of nitrogens with one attached hydrogen (secondary N) is 1. The Morgan fingerprint density at radius 1 is 1.03 bits per heavy atom. The molecule has 1 heterocycles. The summed E-state index contributed by atoms with van der Waals surface area (Å²) in [4.78, 5) is 16.2. The fourth-order valence-electron chi connectivity index (χ4n) is 4.17. The van der Waals surface area contributed by atoms with Gasteiger partial charge in [-0.1, -0.05) is 36.4 Å². The zero-order valence-electron chi connectivity index (χ0n) is 19.0. The number of benzene rings is 3. The number of pyridine rings is 1. The minimum absolute atomic E-state index is 0.268. The van der Waals surface area contributed by atoms with Gasteiger partial charge in [-0.25, -0.2) is 9.37 Å². The largest absolute Gasteiger partial charge is 0.481 e. The Labute approximate surface area is 197 Å². The molecular weight excluding hydrogens is 431 g/mol. The standard InChI is InChI=1S/C28H25FN2O3/c1-27(2,26(32)33)19-6-8-20(9-7-19)28(15-16-28)31-25-24-18(14-17-30-25)4-3-5-23(24)34-22-12-10-21(29)11-13-22/h3-14,17H,15-16H2,1-2H3,(H,30,31)(H,32,33). The molecule has 0 spiro atoms. The third kappa shape index (κ3) is 3.96. The lowest BCUT2D eigenvalue weighted by Gasteiger charge is -2.23. The normalized spacial score (nSPS) is 14.6. The molecule has 0 unspecified atom stereocenters. The summed E-state index contributed by atoms with van der Waals surface area (Å²) < 4.78 is 19.4. The number of aliphatic carboxylic acids is 1. The summed E-state index contributed by atoms with van der Waals surface area (Å²) in [6, 6.07) is 21.4. The molecule has 0 radical (unpaired) electrons.